The van der Waals surface area contributed by atoms with Gasteiger partial charge in [0, 0.05) is 23.3 Å². The van der Waals surface area contributed by atoms with Gasteiger partial charge in [-0.3, -0.25) is 9.67 Å². The van der Waals surface area contributed by atoms with Gasteiger partial charge in [0.2, 0.25) is 0 Å². The van der Waals surface area contributed by atoms with Crippen molar-refractivity contribution in [1.82, 2.24) is 19.7 Å². The first-order valence-corrected chi connectivity index (χ1v) is 6.93. The molecule has 0 radical (unpaired) electrons. The minimum absolute atomic E-state index is 0.837. The van der Waals surface area contributed by atoms with E-state index in [9.17, 15) is 0 Å². The van der Waals surface area contributed by atoms with Crippen molar-refractivity contribution in [3.63, 3.8) is 0 Å². The van der Waals surface area contributed by atoms with Crippen LogP contribution in [0.5, 0.6) is 0 Å². The summed E-state index contributed by atoms with van der Waals surface area (Å²) in [5, 5.41) is 4.13. The number of hydrogen-bond donors (Lipinski definition) is 0. The molecule has 4 nitrogen and oxygen atoms in total. The molecule has 0 aliphatic rings. The molecule has 3 rings (SSSR count). The lowest BCUT2D eigenvalue weighted by Gasteiger charge is -2.00. The fraction of sp³-hybridized carbons (Fsp3) is 0.214. The maximum absolute atomic E-state index is 4.57. The van der Waals surface area contributed by atoms with Crippen LogP contribution in [-0.2, 0) is 7.05 Å². The van der Waals surface area contributed by atoms with Crippen LogP contribution in [0.3, 0.4) is 0 Å². The average Bonchev–Trinajstić information content (AvgIpc) is 2.87. The molecular formula is C14H15BrN4. The van der Waals surface area contributed by atoms with Crippen molar-refractivity contribution in [2.24, 2.45) is 7.05 Å². The number of hydrogen-bond acceptors (Lipinski definition) is 3. The summed E-state index contributed by atoms with van der Waals surface area (Å²) < 4.78 is 2.75. The Bertz CT molecular complexity index is 691. The van der Waals surface area contributed by atoms with E-state index < -0.39 is 0 Å². The Morgan fingerprint density at radius 1 is 1.11 bits per heavy atom. The van der Waals surface area contributed by atoms with E-state index in [-0.39, 0.29) is 0 Å². The van der Waals surface area contributed by atoms with Gasteiger partial charge in [0.15, 0.2) is 0 Å². The third kappa shape index (κ3) is 2.98. The van der Waals surface area contributed by atoms with Crippen molar-refractivity contribution in [3.05, 3.63) is 41.3 Å². The Balaban J connectivity index is 0.000000637. The second-order valence-electron chi connectivity index (χ2n) is 3.79. The van der Waals surface area contributed by atoms with E-state index >= 15 is 0 Å². The van der Waals surface area contributed by atoms with E-state index in [2.05, 4.69) is 31.0 Å². The summed E-state index contributed by atoms with van der Waals surface area (Å²) in [6.07, 6.45) is 5.48. The summed E-state index contributed by atoms with van der Waals surface area (Å²) in [5.74, 6) is 0. The predicted molar refractivity (Wildman–Crippen MR) is 80.8 cm³/mol. The molecule has 0 N–H and O–H groups in total. The average molecular weight is 319 g/mol. The molecule has 2 heterocycles. The van der Waals surface area contributed by atoms with Crippen molar-refractivity contribution in [3.8, 4) is 11.3 Å². The van der Waals surface area contributed by atoms with Gasteiger partial charge >= 0.3 is 0 Å². The normalized spacial score (nSPS) is 10.1. The third-order valence-corrected chi connectivity index (χ3v) is 3.00. The van der Waals surface area contributed by atoms with Crippen LogP contribution in [0.4, 0.5) is 0 Å². The summed E-state index contributed by atoms with van der Waals surface area (Å²) >= 11 is 3.43. The Morgan fingerprint density at radius 3 is 2.58 bits per heavy atom. The summed E-state index contributed by atoms with van der Waals surface area (Å²) in [7, 11) is 1.88. The first kappa shape index (κ1) is 13.7. The largest absolute Gasteiger partial charge is 0.275 e. The Labute approximate surface area is 120 Å². The highest BCUT2D eigenvalue weighted by molar-refractivity contribution is 9.10. The molecule has 0 aliphatic heterocycles. The summed E-state index contributed by atoms with van der Waals surface area (Å²) in [6.45, 7) is 4.00. The predicted octanol–water partition coefficient (Wildman–Crippen LogP) is 3.82. The van der Waals surface area contributed by atoms with E-state index in [1.807, 2.05) is 45.3 Å². The molecule has 0 unspecified atom stereocenters. The van der Waals surface area contributed by atoms with Crippen molar-refractivity contribution < 1.29 is 0 Å². The lowest BCUT2D eigenvalue weighted by molar-refractivity contribution is 0.768. The minimum atomic E-state index is 0.837. The number of fused-ring (bicyclic) bond motifs is 1. The fourth-order valence-electron chi connectivity index (χ4n) is 1.68. The number of aromatic nitrogens is 4. The monoisotopic (exact) mass is 318 g/mol. The lowest BCUT2D eigenvalue weighted by Crippen LogP contribution is -1.88. The maximum atomic E-state index is 4.57. The quantitative estimate of drug-likeness (QED) is 0.685. The van der Waals surface area contributed by atoms with Gasteiger partial charge in [-0.1, -0.05) is 29.8 Å². The summed E-state index contributed by atoms with van der Waals surface area (Å²) in [5.41, 5.74) is 3.58. The van der Waals surface area contributed by atoms with Gasteiger partial charge in [0.05, 0.1) is 29.1 Å². The molecule has 0 spiro atoms. The highest BCUT2D eigenvalue weighted by Crippen LogP contribution is 2.20. The van der Waals surface area contributed by atoms with Crippen LogP contribution in [0.25, 0.3) is 22.3 Å². The Hall–Kier alpha value is -1.75. The van der Waals surface area contributed by atoms with Crippen LogP contribution in [0, 0.1) is 0 Å². The standard InChI is InChI=1S/C12H9BrN4.C2H6/c1-17-7-8(5-15-17)12-6-14-10-3-2-9(13)4-11(10)16-12;1-2/h2-7H,1H3;1-2H3. The zero-order chi connectivity index (χ0) is 13.8. The van der Waals surface area contributed by atoms with Gasteiger partial charge in [-0.2, -0.15) is 5.10 Å². The van der Waals surface area contributed by atoms with Gasteiger partial charge in [0.1, 0.15) is 0 Å². The highest BCUT2D eigenvalue weighted by Gasteiger charge is 2.04. The van der Waals surface area contributed by atoms with Gasteiger partial charge in [-0.15, -0.1) is 0 Å². The maximum Gasteiger partial charge on any atom is 0.0924 e. The molecule has 2 aromatic heterocycles. The number of aryl methyl sites for hydroxylation is 1. The molecule has 5 heteroatoms. The lowest BCUT2D eigenvalue weighted by atomic mass is 10.2. The number of rotatable bonds is 1. The number of benzene rings is 1. The van der Waals surface area contributed by atoms with Crippen LogP contribution >= 0.6 is 15.9 Å². The number of halogens is 1. The molecular weight excluding hydrogens is 304 g/mol. The Morgan fingerprint density at radius 2 is 1.89 bits per heavy atom. The third-order valence-electron chi connectivity index (χ3n) is 2.50. The zero-order valence-electron chi connectivity index (χ0n) is 11.1. The summed E-state index contributed by atoms with van der Waals surface area (Å²) in [4.78, 5) is 8.96. The molecule has 19 heavy (non-hydrogen) atoms. The van der Waals surface area contributed by atoms with Gasteiger partial charge < -0.3 is 0 Å². The van der Waals surface area contributed by atoms with Crippen LogP contribution in [0.15, 0.2) is 41.3 Å². The van der Waals surface area contributed by atoms with Crippen molar-refractivity contribution in [2.45, 2.75) is 13.8 Å². The van der Waals surface area contributed by atoms with Crippen LogP contribution in [0.1, 0.15) is 13.8 Å². The SMILES string of the molecule is CC.Cn1cc(-c2cnc3ccc(Br)cc3n2)cn1. The topological polar surface area (TPSA) is 43.6 Å². The second-order valence-corrected chi connectivity index (χ2v) is 4.71. The molecule has 0 bridgehead atoms. The number of nitrogens with zero attached hydrogens (tertiary/aromatic N) is 4. The molecule has 98 valence electrons. The Kier molecular flexibility index (Phi) is 4.27. The first-order chi connectivity index (χ1) is 9.22. The van der Waals surface area contributed by atoms with Crippen molar-refractivity contribution >= 4 is 27.0 Å². The molecule has 0 fully saturated rings. The van der Waals surface area contributed by atoms with E-state index in [1.54, 1.807) is 17.1 Å². The zero-order valence-corrected chi connectivity index (χ0v) is 12.7. The molecule has 0 aliphatic carbocycles. The van der Waals surface area contributed by atoms with Crippen LogP contribution in [-0.4, -0.2) is 19.7 Å². The van der Waals surface area contributed by atoms with E-state index in [0.717, 1.165) is 26.8 Å². The van der Waals surface area contributed by atoms with E-state index in [1.165, 1.54) is 0 Å². The molecule has 1 aromatic carbocycles. The van der Waals surface area contributed by atoms with E-state index in [4.69, 9.17) is 0 Å². The fourth-order valence-corrected chi connectivity index (χ4v) is 2.03. The highest BCUT2D eigenvalue weighted by atomic mass is 79.9. The smallest absolute Gasteiger partial charge is 0.0924 e. The molecule has 0 saturated carbocycles. The van der Waals surface area contributed by atoms with Gasteiger partial charge in [-0.25, -0.2) is 4.98 Å². The first-order valence-electron chi connectivity index (χ1n) is 6.14. The molecule has 3 aromatic rings. The molecule has 0 saturated heterocycles. The van der Waals surface area contributed by atoms with Crippen molar-refractivity contribution in [2.75, 3.05) is 0 Å². The second kappa shape index (κ2) is 5.93. The summed E-state index contributed by atoms with van der Waals surface area (Å²) in [6, 6.07) is 5.86. The van der Waals surface area contributed by atoms with Crippen LogP contribution in [0.2, 0.25) is 0 Å². The van der Waals surface area contributed by atoms with Gasteiger partial charge in [0.25, 0.3) is 0 Å². The van der Waals surface area contributed by atoms with Crippen LogP contribution < -0.4 is 0 Å². The van der Waals surface area contributed by atoms with E-state index in [0.29, 0.717) is 0 Å². The van der Waals surface area contributed by atoms with Crippen molar-refractivity contribution in [1.29, 1.82) is 0 Å². The van der Waals surface area contributed by atoms with Gasteiger partial charge in [-0.05, 0) is 18.2 Å². The minimum Gasteiger partial charge on any atom is -0.275 e. The molecule has 0 amide bonds. The molecule has 0 atom stereocenters.